The molecular weight excluding hydrogens is 276 g/mol. The summed E-state index contributed by atoms with van der Waals surface area (Å²) in [7, 11) is 0. The zero-order valence-electron chi connectivity index (χ0n) is 12.9. The van der Waals surface area contributed by atoms with Crippen LogP contribution in [0.2, 0.25) is 0 Å². The lowest BCUT2D eigenvalue weighted by atomic mass is 10.1. The molecule has 4 nitrogen and oxygen atoms in total. The van der Waals surface area contributed by atoms with Crippen LogP contribution in [0.25, 0.3) is 10.8 Å². The molecule has 0 aliphatic heterocycles. The van der Waals surface area contributed by atoms with Crippen molar-refractivity contribution in [3.05, 3.63) is 42.5 Å². The third-order valence-electron chi connectivity index (χ3n) is 3.64. The molecule has 2 rings (SSSR count). The van der Waals surface area contributed by atoms with Crippen molar-refractivity contribution in [2.75, 3.05) is 26.2 Å². The number of likely N-dealkylation sites (N-methyl/N-ethyl adjacent to an activating group) is 1. The first kappa shape index (κ1) is 16.3. The highest BCUT2D eigenvalue weighted by atomic mass is 16.5. The molecule has 0 spiro atoms. The van der Waals surface area contributed by atoms with Gasteiger partial charge in [-0.2, -0.15) is 5.26 Å². The van der Waals surface area contributed by atoms with Gasteiger partial charge in [-0.1, -0.05) is 43.3 Å². The molecule has 22 heavy (non-hydrogen) atoms. The number of benzene rings is 2. The summed E-state index contributed by atoms with van der Waals surface area (Å²) in [5.74, 6) is 0.789. The highest BCUT2D eigenvalue weighted by molar-refractivity contribution is 5.88. The van der Waals surface area contributed by atoms with Crippen LogP contribution >= 0.6 is 0 Å². The van der Waals surface area contributed by atoms with Gasteiger partial charge in [-0.15, -0.1) is 0 Å². The Bertz CT molecular complexity index is 631. The molecule has 0 aromatic heterocycles. The number of ether oxygens (including phenoxy) is 1. The van der Waals surface area contributed by atoms with Crippen molar-refractivity contribution in [1.29, 1.82) is 5.26 Å². The fourth-order valence-corrected chi connectivity index (χ4v) is 2.44. The lowest BCUT2D eigenvalue weighted by molar-refractivity contribution is 0.0711. The first-order chi connectivity index (χ1) is 10.7. The number of hydrogen-bond acceptors (Lipinski definition) is 4. The number of rotatable bonds is 8. The summed E-state index contributed by atoms with van der Waals surface area (Å²) in [5.41, 5.74) is 0. The van der Waals surface area contributed by atoms with Gasteiger partial charge in [0.25, 0.3) is 0 Å². The van der Waals surface area contributed by atoms with E-state index in [4.69, 9.17) is 10.00 Å². The fraction of sp³-hybridized carbons (Fsp3) is 0.389. The van der Waals surface area contributed by atoms with E-state index < -0.39 is 6.10 Å². The molecule has 0 aliphatic rings. The average molecular weight is 298 g/mol. The molecule has 2 aromatic rings. The number of aliphatic hydroxyl groups is 1. The van der Waals surface area contributed by atoms with Gasteiger partial charge in [-0.05, 0) is 18.0 Å². The van der Waals surface area contributed by atoms with Gasteiger partial charge in [-0.3, -0.25) is 4.90 Å². The third-order valence-corrected chi connectivity index (χ3v) is 3.64. The van der Waals surface area contributed by atoms with Crippen LogP contribution in [0.15, 0.2) is 42.5 Å². The minimum atomic E-state index is -0.572. The Balaban J connectivity index is 1.92. The van der Waals surface area contributed by atoms with Crippen LogP contribution in [0.5, 0.6) is 5.75 Å². The molecule has 0 radical (unpaired) electrons. The van der Waals surface area contributed by atoms with Gasteiger partial charge in [-0.25, -0.2) is 0 Å². The Labute approximate surface area is 131 Å². The Hall–Kier alpha value is -2.09. The molecule has 0 aliphatic carbocycles. The molecule has 0 saturated carbocycles. The molecule has 0 saturated heterocycles. The van der Waals surface area contributed by atoms with Crippen molar-refractivity contribution in [3.8, 4) is 11.8 Å². The van der Waals surface area contributed by atoms with Gasteiger partial charge in [0.1, 0.15) is 18.5 Å². The quantitative estimate of drug-likeness (QED) is 0.814. The monoisotopic (exact) mass is 298 g/mol. The van der Waals surface area contributed by atoms with Crippen molar-refractivity contribution in [2.24, 2.45) is 0 Å². The zero-order chi connectivity index (χ0) is 15.8. The lowest BCUT2D eigenvalue weighted by Gasteiger charge is -2.22. The van der Waals surface area contributed by atoms with Gasteiger partial charge < -0.3 is 9.84 Å². The standard InChI is InChI=1S/C18H22N2O2/c1-2-20(12-6-11-19)13-16(21)14-22-18-10-5-8-15-7-3-4-9-17(15)18/h3-5,7-10,16,21H,2,6,12-14H2,1H3. The maximum Gasteiger partial charge on any atom is 0.127 e. The summed E-state index contributed by atoms with van der Waals surface area (Å²) >= 11 is 0. The van der Waals surface area contributed by atoms with Crippen LogP contribution in [0.4, 0.5) is 0 Å². The molecular formula is C18H22N2O2. The first-order valence-electron chi connectivity index (χ1n) is 7.62. The molecule has 0 fully saturated rings. The average Bonchev–Trinajstić information content (AvgIpc) is 2.56. The van der Waals surface area contributed by atoms with E-state index >= 15 is 0 Å². The number of nitriles is 1. The van der Waals surface area contributed by atoms with Crippen molar-refractivity contribution in [2.45, 2.75) is 19.4 Å². The summed E-state index contributed by atoms with van der Waals surface area (Å²) in [4.78, 5) is 2.06. The predicted molar refractivity (Wildman–Crippen MR) is 87.8 cm³/mol. The van der Waals surface area contributed by atoms with E-state index in [9.17, 15) is 5.11 Å². The molecule has 0 bridgehead atoms. The Morgan fingerprint density at radius 2 is 2.00 bits per heavy atom. The molecule has 1 unspecified atom stereocenters. The topological polar surface area (TPSA) is 56.5 Å². The van der Waals surface area contributed by atoms with Crippen LogP contribution in [0, 0.1) is 11.3 Å². The molecule has 4 heteroatoms. The van der Waals surface area contributed by atoms with Gasteiger partial charge in [0.2, 0.25) is 0 Å². The third kappa shape index (κ3) is 4.45. The van der Waals surface area contributed by atoms with E-state index in [0.717, 1.165) is 23.1 Å². The normalized spacial score (nSPS) is 12.3. The molecule has 116 valence electrons. The van der Waals surface area contributed by atoms with E-state index in [1.165, 1.54) is 0 Å². The maximum absolute atomic E-state index is 10.1. The van der Waals surface area contributed by atoms with E-state index in [-0.39, 0.29) is 6.61 Å². The Kier molecular flexibility index (Phi) is 6.20. The second kappa shape index (κ2) is 8.38. The van der Waals surface area contributed by atoms with Crippen molar-refractivity contribution < 1.29 is 9.84 Å². The molecule has 1 atom stereocenters. The maximum atomic E-state index is 10.1. The minimum Gasteiger partial charge on any atom is -0.490 e. The summed E-state index contributed by atoms with van der Waals surface area (Å²) in [6.07, 6.45) is -0.0947. The second-order valence-electron chi connectivity index (χ2n) is 5.24. The summed E-state index contributed by atoms with van der Waals surface area (Å²) < 4.78 is 5.79. The smallest absolute Gasteiger partial charge is 0.127 e. The van der Waals surface area contributed by atoms with Crippen molar-refractivity contribution >= 4 is 10.8 Å². The fourth-order valence-electron chi connectivity index (χ4n) is 2.44. The lowest BCUT2D eigenvalue weighted by Crippen LogP contribution is -2.36. The van der Waals surface area contributed by atoms with E-state index in [2.05, 4.69) is 11.0 Å². The SMILES string of the molecule is CCN(CCC#N)CC(O)COc1cccc2ccccc12. The van der Waals surface area contributed by atoms with Crippen LogP contribution in [0.3, 0.4) is 0 Å². The van der Waals surface area contributed by atoms with Crippen LogP contribution in [0.1, 0.15) is 13.3 Å². The van der Waals surface area contributed by atoms with Crippen molar-refractivity contribution in [3.63, 3.8) is 0 Å². The summed E-state index contributed by atoms with van der Waals surface area (Å²) in [6, 6.07) is 16.1. The highest BCUT2D eigenvalue weighted by Crippen LogP contribution is 2.25. The van der Waals surface area contributed by atoms with Gasteiger partial charge >= 0.3 is 0 Å². The van der Waals surface area contributed by atoms with Crippen LogP contribution in [-0.4, -0.2) is 42.4 Å². The number of nitrogens with zero attached hydrogens (tertiary/aromatic N) is 2. The summed E-state index contributed by atoms with van der Waals surface area (Å²) in [6.45, 7) is 4.28. The van der Waals surface area contributed by atoms with E-state index in [0.29, 0.717) is 19.5 Å². The van der Waals surface area contributed by atoms with E-state index in [1.807, 2.05) is 49.4 Å². The number of aliphatic hydroxyl groups excluding tert-OH is 1. The molecule has 1 N–H and O–H groups in total. The van der Waals surface area contributed by atoms with Gasteiger partial charge in [0, 0.05) is 24.9 Å². The highest BCUT2D eigenvalue weighted by Gasteiger charge is 2.11. The summed E-state index contributed by atoms with van der Waals surface area (Å²) in [5, 5.41) is 20.9. The molecule has 2 aromatic carbocycles. The number of hydrogen-bond donors (Lipinski definition) is 1. The van der Waals surface area contributed by atoms with Crippen molar-refractivity contribution in [1.82, 2.24) is 4.90 Å². The van der Waals surface area contributed by atoms with Gasteiger partial charge in [0.05, 0.1) is 6.07 Å². The molecule has 0 heterocycles. The Morgan fingerprint density at radius 3 is 2.77 bits per heavy atom. The Morgan fingerprint density at radius 1 is 1.23 bits per heavy atom. The first-order valence-corrected chi connectivity index (χ1v) is 7.62. The van der Waals surface area contributed by atoms with E-state index in [1.54, 1.807) is 0 Å². The van der Waals surface area contributed by atoms with Crippen LogP contribution in [-0.2, 0) is 0 Å². The van der Waals surface area contributed by atoms with Crippen LogP contribution < -0.4 is 4.74 Å². The largest absolute Gasteiger partial charge is 0.490 e. The minimum absolute atomic E-state index is 0.247. The predicted octanol–water partition coefficient (Wildman–Crippen LogP) is 2.82. The zero-order valence-corrected chi connectivity index (χ0v) is 12.9. The molecule has 0 amide bonds. The second-order valence-corrected chi connectivity index (χ2v) is 5.24. The number of fused-ring (bicyclic) bond motifs is 1. The van der Waals surface area contributed by atoms with Gasteiger partial charge in [0.15, 0.2) is 0 Å².